The molecule has 6 heteroatoms. The maximum Gasteiger partial charge on any atom is 0.339 e. The van der Waals surface area contributed by atoms with Crippen molar-refractivity contribution in [2.24, 2.45) is 0 Å². The number of benzene rings is 2. The summed E-state index contributed by atoms with van der Waals surface area (Å²) >= 11 is 0. The first-order chi connectivity index (χ1) is 13.6. The predicted octanol–water partition coefficient (Wildman–Crippen LogP) is 3.99. The van der Waals surface area contributed by atoms with Gasteiger partial charge in [0, 0.05) is 0 Å². The largest absolute Gasteiger partial charge is 0.493 e. The molecule has 0 aliphatic rings. The molecule has 0 saturated carbocycles. The lowest BCUT2D eigenvalue weighted by molar-refractivity contribution is -0.135. The molecule has 0 aliphatic carbocycles. The normalized spacial score (nSPS) is 10.8. The number of methoxy groups -OCH3 is 4. The highest BCUT2D eigenvalue weighted by Gasteiger charge is 2.17. The number of carbonyl (C=O) groups is 1. The van der Waals surface area contributed by atoms with Gasteiger partial charge in [-0.25, -0.2) is 4.79 Å². The molecular weight excluding hydrogens is 360 g/mol. The highest BCUT2D eigenvalue weighted by atomic mass is 16.5. The van der Waals surface area contributed by atoms with E-state index in [0.717, 1.165) is 5.56 Å². The first kappa shape index (κ1) is 20.9. The van der Waals surface area contributed by atoms with Gasteiger partial charge in [0.05, 0.1) is 34.0 Å². The molecule has 0 bridgehead atoms. The lowest BCUT2D eigenvalue weighted by atomic mass is 10.0. The van der Waals surface area contributed by atoms with Crippen molar-refractivity contribution in [3.63, 3.8) is 0 Å². The fraction of sp³-hybridized carbons (Fsp3) is 0.227. The van der Waals surface area contributed by atoms with E-state index < -0.39 is 5.97 Å². The SMILES string of the molecule is C=CCOC(=O)/C(=C/c1ccc(OC)c(OC)c1)c1ccc(OC)c(OC)c1. The Labute approximate surface area is 164 Å². The molecule has 0 aliphatic heterocycles. The Morgan fingerprint density at radius 1 is 0.857 bits per heavy atom. The zero-order chi connectivity index (χ0) is 20.5. The molecule has 148 valence electrons. The summed E-state index contributed by atoms with van der Waals surface area (Å²) in [6.45, 7) is 3.68. The Morgan fingerprint density at radius 2 is 1.43 bits per heavy atom. The number of esters is 1. The van der Waals surface area contributed by atoms with Crippen LogP contribution in [0.4, 0.5) is 0 Å². The van der Waals surface area contributed by atoms with E-state index in [1.54, 1.807) is 57.7 Å². The van der Waals surface area contributed by atoms with Gasteiger partial charge in [0.2, 0.25) is 0 Å². The molecule has 0 aromatic heterocycles. The van der Waals surface area contributed by atoms with Crippen LogP contribution < -0.4 is 18.9 Å². The molecule has 0 saturated heterocycles. The van der Waals surface area contributed by atoms with Gasteiger partial charge in [-0.05, 0) is 41.5 Å². The minimum Gasteiger partial charge on any atom is -0.493 e. The van der Waals surface area contributed by atoms with Crippen molar-refractivity contribution in [2.75, 3.05) is 35.0 Å². The van der Waals surface area contributed by atoms with E-state index in [0.29, 0.717) is 34.1 Å². The topological polar surface area (TPSA) is 63.2 Å². The maximum atomic E-state index is 12.7. The summed E-state index contributed by atoms with van der Waals surface area (Å²) in [4.78, 5) is 12.7. The highest BCUT2D eigenvalue weighted by molar-refractivity contribution is 6.21. The highest BCUT2D eigenvalue weighted by Crippen LogP contribution is 2.33. The van der Waals surface area contributed by atoms with E-state index in [-0.39, 0.29) is 6.61 Å². The third-order valence-electron chi connectivity index (χ3n) is 3.97. The number of carbonyl (C=O) groups excluding carboxylic acids is 1. The summed E-state index contributed by atoms with van der Waals surface area (Å²) in [5, 5.41) is 0. The Morgan fingerprint density at radius 3 is 2.00 bits per heavy atom. The van der Waals surface area contributed by atoms with Gasteiger partial charge in [-0.3, -0.25) is 0 Å². The van der Waals surface area contributed by atoms with Crippen molar-refractivity contribution in [2.45, 2.75) is 0 Å². The van der Waals surface area contributed by atoms with Gasteiger partial charge in [0.15, 0.2) is 23.0 Å². The summed E-state index contributed by atoms with van der Waals surface area (Å²) in [6.07, 6.45) is 3.23. The summed E-state index contributed by atoms with van der Waals surface area (Å²) in [5.74, 6) is 1.75. The fourth-order valence-electron chi connectivity index (χ4n) is 2.59. The van der Waals surface area contributed by atoms with Crippen LogP contribution in [-0.2, 0) is 9.53 Å². The van der Waals surface area contributed by atoms with Crippen molar-refractivity contribution in [1.82, 2.24) is 0 Å². The van der Waals surface area contributed by atoms with E-state index >= 15 is 0 Å². The minimum atomic E-state index is -0.484. The zero-order valence-electron chi connectivity index (χ0n) is 16.5. The molecule has 6 nitrogen and oxygen atoms in total. The Bertz CT molecular complexity index is 869. The van der Waals surface area contributed by atoms with E-state index in [1.807, 2.05) is 6.07 Å². The van der Waals surface area contributed by atoms with Crippen molar-refractivity contribution in [3.05, 3.63) is 60.2 Å². The molecule has 0 unspecified atom stereocenters. The first-order valence-corrected chi connectivity index (χ1v) is 8.52. The average molecular weight is 384 g/mol. The van der Waals surface area contributed by atoms with Gasteiger partial charge < -0.3 is 23.7 Å². The second-order valence-electron chi connectivity index (χ2n) is 5.63. The van der Waals surface area contributed by atoms with Gasteiger partial charge in [-0.2, -0.15) is 0 Å². The van der Waals surface area contributed by atoms with Crippen LogP contribution in [-0.4, -0.2) is 41.0 Å². The number of hydrogen-bond acceptors (Lipinski definition) is 6. The second-order valence-corrected chi connectivity index (χ2v) is 5.63. The Kier molecular flexibility index (Phi) is 7.51. The van der Waals surface area contributed by atoms with Crippen LogP contribution >= 0.6 is 0 Å². The van der Waals surface area contributed by atoms with Crippen LogP contribution in [0.1, 0.15) is 11.1 Å². The van der Waals surface area contributed by atoms with E-state index in [9.17, 15) is 4.79 Å². The molecule has 0 fully saturated rings. The number of rotatable bonds is 9. The molecule has 0 spiro atoms. The molecule has 0 radical (unpaired) electrons. The van der Waals surface area contributed by atoms with Crippen LogP contribution in [0.2, 0.25) is 0 Å². The van der Waals surface area contributed by atoms with Crippen molar-refractivity contribution in [1.29, 1.82) is 0 Å². The van der Waals surface area contributed by atoms with Gasteiger partial charge in [0.25, 0.3) is 0 Å². The maximum absolute atomic E-state index is 12.7. The van der Waals surface area contributed by atoms with Crippen LogP contribution in [0.25, 0.3) is 11.6 Å². The third kappa shape index (κ3) is 4.85. The van der Waals surface area contributed by atoms with Crippen LogP contribution in [0.3, 0.4) is 0 Å². The van der Waals surface area contributed by atoms with Crippen LogP contribution in [0, 0.1) is 0 Å². The molecular formula is C22H24O6. The molecule has 28 heavy (non-hydrogen) atoms. The molecule has 0 atom stereocenters. The van der Waals surface area contributed by atoms with E-state index in [4.69, 9.17) is 23.7 Å². The third-order valence-corrected chi connectivity index (χ3v) is 3.97. The number of hydrogen-bond donors (Lipinski definition) is 0. The lowest BCUT2D eigenvalue weighted by Gasteiger charge is -2.13. The van der Waals surface area contributed by atoms with Gasteiger partial charge in [-0.1, -0.05) is 24.8 Å². The van der Waals surface area contributed by atoms with Crippen molar-refractivity contribution >= 4 is 17.6 Å². The molecule has 2 aromatic carbocycles. The first-order valence-electron chi connectivity index (χ1n) is 8.52. The zero-order valence-corrected chi connectivity index (χ0v) is 16.5. The van der Waals surface area contributed by atoms with Gasteiger partial charge in [0.1, 0.15) is 6.61 Å². The summed E-state index contributed by atoms with van der Waals surface area (Å²) in [7, 11) is 6.21. The summed E-state index contributed by atoms with van der Waals surface area (Å²) in [6, 6.07) is 10.6. The smallest absolute Gasteiger partial charge is 0.339 e. The van der Waals surface area contributed by atoms with Crippen molar-refractivity contribution in [3.8, 4) is 23.0 Å². The van der Waals surface area contributed by atoms with E-state index in [1.165, 1.54) is 13.2 Å². The fourth-order valence-corrected chi connectivity index (χ4v) is 2.59. The molecule has 0 N–H and O–H groups in total. The van der Waals surface area contributed by atoms with Gasteiger partial charge >= 0.3 is 5.97 Å². The molecule has 2 rings (SSSR count). The summed E-state index contributed by atoms with van der Waals surface area (Å²) in [5.41, 5.74) is 1.73. The monoisotopic (exact) mass is 384 g/mol. The summed E-state index contributed by atoms with van der Waals surface area (Å²) < 4.78 is 26.5. The van der Waals surface area contributed by atoms with Crippen LogP contribution in [0.15, 0.2) is 49.1 Å². The number of ether oxygens (including phenoxy) is 5. The Balaban J connectivity index is 2.55. The quantitative estimate of drug-likeness (QED) is 0.282. The molecule has 0 heterocycles. The van der Waals surface area contributed by atoms with Crippen LogP contribution in [0.5, 0.6) is 23.0 Å². The second kappa shape index (κ2) is 10.1. The molecule has 2 aromatic rings. The average Bonchev–Trinajstić information content (AvgIpc) is 2.74. The standard InChI is InChI=1S/C22H24O6/c1-6-11-28-22(23)17(16-8-10-19(25-3)21(14-16)27-5)12-15-7-9-18(24-2)20(13-15)26-4/h6-10,12-14H,1,11H2,2-5H3/b17-12+. The van der Waals surface area contributed by atoms with E-state index in [2.05, 4.69) is 6.58 Å². The lowest BCUT2D eigenvalue weighted by Crippen LogP contribution is -2.07. The Hall–Kier alpha value is -3.41. The van der Waals surface area contributed by atoms with Gasteiger partial charge in [-0.15, -0.1) is 0 Å². The minimum absolute atomic E-state index is 0.107. The molecule has 0 amide bonds. The predicted molar refractivity (Wildman–Crippen MR) is 108 cm³/mol. The van der Waals surface area contributed by atoms with Crippen molar-refractivity contribution < 1.29 is 28.5 Å².